The van der Waals surface area contributed by atoms with Gasteiger partial charge < -0.3 is 15.0 Å². The molecule has 0 aliphatic carbocycles. The largest absolute Gasteiger partial charge is 0.396 e. The number of aromatic amines is 1. The molecule has 2 N–H and O–H groups in total. The van der Waals surface area contributed by atoms with Crippen LogP contribution in [0, 0.1) is 0 Å². The second-order valence-electron chi connectivity index (χ2n) is 5.23. The Morgan fingerprint density at radius 2 is 1.90 bits per heavy atom. The van der Waals surface area contributed by atoms with Crippen molar-refractivity contribution in [3.05, 3.63) is 34.2 Å². The fourth-order valence-corrected chi connectivity index (χ4v) is 2.24. The summed E-state index contributed by atoms with van der Waals surface area (Å²) in [6.07, 6.45) is 7.71. The summed E-state index contributed by atoms with van der Waals surface area (Å²) in [5.41, 5.74) is 0.135. The van der Waals surface area contributed by atoms with Crippen LogP contribution >= 0.6 is 0 Å². The molecule has 0 saturated heterocycles. The summed E-state index contributed by atoms with van der Waals surface area (Å²) in [6, 6.07) is 2.94. The summed E-state index contributed by atoms with van der Waals surface area (Å²) in [5, 5.41) is 8.96. The highest BCUT2D eigenvalue weighted by Crippen LogP contribution is 2.08. The lowest BCUT2D eigenvalue weighted by molar-refractivity contribution is 0.0741. The Bertz CT molecular complexity index is 471. The molecule has 0 aliphatic rings. The van der Waals surface area contributed by atoms with E-state index < -0.39 is 0 Å². The molecule has 0 spiro atoms. The first-order valence-corrected chi connectivity index (χ1v) is 7.78. The third kappa shape index (κ3) is 6.58. The van der Waals surface area contributed by atoms with E-state index >= 15 is 0 Å². The van der Waals surface area contributed by atoms with E-state index in [4.69, 9.17) is 5.11 Å². The fourth-order valence-electron chi connectivity index (χ4n) is 2.24. The van der Waals surface area contributed by atoms with Crippen LogP contribution in [-0.2, 0) is 0 Å². The van der Waals surface area contributed by atoms with Gasteiger partial charge in [-0.25, -0.2) is 0 Å². The van der Waals surface area contributed by atoms with Gasteiger partial charge in [0, 0.05) is 37.5 Å². The van der Waals surface area contributed by atoms with Crippen LogP contribution in [0.3, 0.4) is 0 Å². The van der Waals surface area contributed by atoms with Gasteiger partial charge in [0.15, 0.2) is 0 Å². The number of aromatic nitrogens is 1. The molecular weight excluding hydrogens is 268 g/mol. The van der Waals surface area contributed by atoms with E-state index in [1.165, 1.54) is 31.5 Å². The first kappa shape index (κ1) is 17.4. The molecule has 1 aromatic heterocycles. The fraction of sp³-hybridized carbons (Fsp3) is 0.625. The highest BCUT2D eigenvalue weighted by Gasteiger charge is 2.15. The Morgan fingerprint density at radius 1 is 1.19 bits per heavy atom. The van der Waals surface area contributed by atoms with Gasteiger partial charge in [-0.2, -0.15) is 0 Å². The number of carbonyl (C=O) groups is 1. The van der Waals surface area contributed by atoms with Crippen LogP contribution in [0.25, 0.3) is 0 Å². The Balaban J connectivity index is 2.59. The number of H-pyrrole nitrogens is 1. The van der Waals surface area contributed by atoms with Gasteiger partial charge in [0.2, 0.25) is 5.56 Å². The summed E-state index contributed by atoms with van der Waals surface area (Å²) in [6.45, 7) is 3.43. The van der Waals surface area contributed by atoms with E-state index in [1.807, 2.05) is 0 Å². The topological polar surface area (TPSA) is 73.4 Å². The van der Waals surface area contributed by atoms with Gasteiger partial charge >= 0.3 is 0 Å². The van der Waals surface area contributed by atoms with Gasteiger partial charge in [0.1, 0.15) is 0 Å². The van der Waals surface area contributed by atoms with Crippen molar-refractivity contribution in [2.24, 2.45) is 0 Å². The zero-order valence-corrected chi connectivity index (χ0v) is 12.8. The highest BCUT2D eigenvalue weighted by atomic mass is 16.3. The Hall–Kier alpha value is -1.62. The molecule has 0 atom stereocenters. The second-order valence-corrected chi connectivity index (χ2v) is 5.23. The number of hydrogen-bond acceptors (Lipinski definition) is 3. The maximum Gasteiger partial charge on any atom is 0.254 e. The van der Waals surface area contributed by atoms with Crippen LogP contribution in [0.2, 0.25) is 0 Å². The van der Waals surface area contributed by atoms with Crippen LogP contribution in [0.5, 0.6) is 0 Å². The summed E-state index contributed by atoms with van der Waals surface area (Å²) >= 11 is 0. The van der Waals surface area contributed by atoms with Crippen LogP contribution in [0.15, 0.2) is 23.1 Å². The average molecular weight is 294 g/mol. The molecule has 0 saturated carbocycles. The van der Waals surface area contributed by atoms with E-state index in [9.17, 15) is 9.59 Å². The van der Waals surface area contributed by atoms with Crippen LogP contribution < -0.4 is 5.56 Å². The number of aliphatic hydroxyl groups excluding tert-OH is 1. The lowest BCUT2D eigenvalue weighted by Crippen LogP contribution is -2.34. The normalized spacial score (nSPS) is 10.6. The van der Waals surface area contributed by atoms with Gasteiger partial charge in [-0.1, -0.05) is 32.6 Å². The van der Waals surface area contributed by atoms with Gasteiger partial charge in [0.25, 0.3) is 5.91 Å². The lowest BCUT2D eigenvalue weighted by atomic mass is 10.1. The number of hydrogen-bond donors (Lipinski definition) is 2. The molecule has 0 bridgehead atoms. The number of nitrogens with one attached hydrogen (secondary N) is 1. The molecule has 5 heteroatoms. The number of carbonyl (C=O) groups excluding carboxylic acids is 1. The molecule has 1 heterocycles. The standard InChI is InChI=1S/C16H26N2O3/c1-2-3-4-5-6-10-18(11-7-12-19)16(21)14-8-9-17-15(20)13-14/h8-9,13,19H,2-7,10-12H2,1H3,(H,17,20). The van der Waals surface area contributed by atoms with Gasteiger partial charge in [-0.3, -0.25) is 9.59 Å². The smallest absolute Gasteiger partial charge is 0.254 e. The highest BCUT2D eigenvalue weighted by molar-refractivity contribution is 5.94. The van der Waals surface area contributed by atoms with E-state index in [0.29, 0.717) is 25.1 Å². The summed E-state index contributed by atoms with van der Waals surface area (Å²) in [5.74, 6) is -0.134. The number of aliphatic hydroxyl groups is 1. The number of unbranched alkanes of at least 4 members (excludes halogenated alkanes) is 4. The molecule has 0 fully saturated rings. The van der Waals surface area contributed by atoms with Crippen LogP contribution in [-0.4, -0.2) is 40.6 Å². The van der Waals surface area contributed by atoms with Crippen LogP contribution in [0.4, 0.5) is 0 Å². The van der Waals surface area contributed by atoms with Crippen LogP contribution in [0.1, 0.15) is 55.8 Å². The molecule has 1 aromatic rings. The summed E-state index contributed by atoms with van der Waals surface area (Å²) < 4.78 is 0. The first-order valence-electron chi connectivity index (χ1n) is 7.78. The molecule has 0 aliphatic heterocycles. The molecule has 1 amide bonds. The maximum atomic E-state index is 12.4. The monoisotopic (exact) mass is 294 g/mol. The van der Waals surface area contributed by atoms with E-state index in [0.717, 1.165) is 12.8 Å². The summed E-state index contributed by atoms with van der Waals surface area (Å²) in [7, 11) is 0. The molecule has 0 aromatic carbocycles. The van der Waals surface area contributed by atoms with Crippen molar-refractivity contribution < 1.29 is 9.90 Å². The third-order valence-corrected chi connectivity index (χ3v) is 3.43. The zero-order chi connectivity index (χ0) is 15.5. The number of rotatable bonds is 10. The van der Waals surface area contributed by atoms with Gasteiger partial charge in [-0.05, 0) is 18.9 Å². The summed E-state index contributed by atoms with van der Waals surface area (Å²) in [4.78, 5) is 28.0. The average Bonchev–Trinajstić information content (AvgIpc) is 2.49. The SMILES string of the molecule is CCCCCCCN(CCCO)C(=O)c1cc[nH]c(=O)c1. The Morgan fingerprint density at radius 3 is 2.57 bits per heavy atom. The van der Waals surface area contributed by atoms with Crippen molar-refractivity contribution in [2.75, 3.05) is 19.7 Å². The number of amides is 1. The molecule has 1 rings (SSSR count). The number of nitrogens with zero attached hydrogens (tertiary/aromatic N) is 1. The maximum absolute atomic E-state index is 12.4. The third-order valence-electron chi connectivity index (χ3n) is 3.43. The molecule has 118 valence electrons. The molecule has 0 radical (unpaired) electrons. The lowest BCUT2D eigenvalue weighted by Gasteiger charge is -2.22. The molecule has 5 nitrogen and oxygen atoms in total. The van der Waals surface area contributed by atoms with Crippen molar-refractivity contribution in [1.29, 1.82) is 0 Å². The Kier molecular flexibility index (Phi) is 8.43. The minimum atomic E-state index is -0.272. The molecular formula is C16H26N2O3. The second kappa shape index (κ2) is 10.2. The van der Waals surface area contributed by atoms with Crippen molar-refractivity contribution in [3.63, 3.8) is 0 Å². The number of pyridine rings is 1. The van der Waals surface area contributed by atoms with E-state index in [2.05, 4.69) is 11.9 Å². The predicted molar refractivity (Wildman–Crippen MR) is 83.4 cm³/mol. The van der Waals surface area contributed by atoms with Crippen molar-refractivity contribution in [2.45, 2.75) is 45.4 Å². The van der Waals surface area contributed by atoms with Gasteiger partial charge in [-0.15, -0.1) is 0 Å². The van der Waals surface area contributed by atoms with Crippen molar-refractivity contribution >= 4 is 5.91 Å². The van der Waals surface area contributed by atoms with Crippen molar-refractivity contribution in [1.82, 2.24) is 9.88 Å². The van der Waals surface area contributed by atoms with E-state index in [-0.39, 0.29) is 18.1 Å². The molecule has 21 heavy (non-hydrogen) atoms. The quantitative estimate of drug-likeness (QED) is 0.650. The van der Waals surface area contributed by atoms with Gasteiger partial charge in [0.05, 0.1) is 0 Å². The minimum absolute atomic E-state index is 0.0645. The predicted octanol–water partition coefficient (Wildman–Crippen LogP) is 2.17. The van der Waals surface area contributed by atoms with Crippen molar-refractivity contribution in [3.8, 4) is 0 Å². The first-order chi connectivity index (χ1) is 10.2. The molecule has 0 unspecified atom stereocenters. The minimum Gasteiger partial charge on any atom is -0.396 e. The zero-order valence-electron chi connectivity index (χ0n) is 12.8. The Labute approximate surface area is 126 Å². The van der Waals surface area contributed by atoms with E-state index in [1.54, 1.807) is 11.0 Å².